The maximum atomic E-state index is 3.02. The number of nitrogens with zero attached hydrogens (tertiary/aromatic N) is 1. The molecule has 0 amide bonds. The van der Waals surface area contributed by atoms with Crippen molar-refractivity contribution >= 4 is 8.24 Å². The molecule has 2 aliphatic rings. The van der Waals surface area contributed by atoms with Crippen LogP contribution in [0.5, 0.6) is 0 Å². The van der Waals surface area contributed by atoms with Crippen LogP contribution in [0.15, 0.2) is 0 Å². The van der Waals surface area contributed by atoms with Crippen molar-refractivity contribution in [2.24, 2.45) is 0 Å². The first kappa shape index (κ1) is 11.7. The standard InChI is InChI=1S/C13H27NSi/c1-3-10-14(13-8-4-5-9-13)15(2)11-6-7-12-15/h13H,3-12H2,1-2H3. The first-order valence-corrected chi connectivity index (χ1v) is 9.89. The molecule has 1 nitrogen and oxygen atoms in total. The largest absolute Gasteiger partial charge is 0.321 e. The van der Waals surface area contributed by atoms with E-state index in [1.54, 1.807) is 12.1 Å². The van der Waals surface area contributed by atoms with Gasteiger partial charge in [0.05, 0.1) is 0 Å². The summed E-state index contributed by atoms with van der Waals surface area (Å²) in [7, 11) is -0.968. The van der Waals surface area contributed by atoms with Gasteiger partial charge in [0.25, 0.3) is 0 Å². The van der Waals surface area contributed by atoms with E-state index in [9.17, 15) is 0 Å². The molecule has 0 aromatic heterocycles. The van der Waals surface area contributed by atoms with Crippen molar-refractivity contribution in [1.29, 1.82) is 0 Å². The Labute approximate surface area is 96.3 Å². The lowest BCUT2D eigenvalue weighted by atomic mass is 10.2. The quantitative estimate of drug-likeness (QED) is 0.654. The summed E-state index contributed by atoms with van der Waals surface area (Å²) in [5, 5.41) is 0. The Bertz CT molecular complexity index is 193. The Hall–Kier alpha value is 0.177. The van der Waals surface area contributed by atoms with Gasteiger partial charge in [0.1, 0.15) is 8.24 Å². The third-order valence-electron chi connectivity index (χ3n) is 4.60. The fraction of sp³-hybridized carbons (Fsp3) is 1.00. The van der Waals surface area contributed by atoms with Crippen LogP contribution >= 0.6 is 0 Å². The molecule has 0 bridgehead atoms. The zero-order chi connectivity index (χ0) is 10.7. The highest BCUT2D eigenvalue weighted by Crippen LogP contribution is 2.37. The Morgan fingerprint density at radius 3 is 2.20 bits per heavy atom. The zero-order valence-electron chi connectivity index (χ0n) is 10.6. The lowest BCUT2D eigenvalue weighted by Gasteiger charge is -2.41. The lowest BCUT2D eigenvalue weighted by Crippen LogP contribution is -2.53. The van der Waals surface area contributed by atoms with E-state index in [-0.39, 0.29) is 0 Å². The van der Waals surface area contributed by atoms with Crippen LogP contribution in [0.2, 0.25) is 18.6 Å². The summed E-state index contributed by atoms with van der Waals surface area (Å²) in [6.45, 7) is 6.41. The van der Waals surface area contributed by atoms with Crippen LogP contribution in [0.25, 0.3) is 0 Å². The molecule has 0 atom stereocenters. The van der Waals surface area contributed by atoms with E-state index in [1.807, 2.05) is 0 Å². The van der Waals surface area contributed by atoms with Gasteiger partial charge in [-0.05, 0) is 37.9 Å². The van der Waals surface area contributed by atoms with Crippen LogP contribution in [-0.2, 0) is 0 Å². The van der Waals surface area contributed by atoms with Gasteiger partial charge in [0.2, 0.25) is 0 Å². The van der Waals surface area contributed by atoms with Gasteiger partial charge < -0.3 is 4.57 Å². The second-order valence-corrected chi connectivity index (χ2v) is 10.4. The third kappa shape index (κ3) is 2.47. The molecule has 15 heavy (non-hydrogen) atoms. The van der Waals surface area contributed by atoms with Gasteiger partial charge in [0, 0.05) is 6.04 Å². The van der Waals surface area contributed by atoms with Gasteiger partial charge in [-0.1, -0.05) is 39.2 Å². The minimum Gasteiger partial charge on any atom is -0.321 e. The molecule has 88 valence electrons. The molecule has 0 spiro atoms. The molecule has 1 saturated heterocycles. The number of rotatable bonds is 4. The molecular formula is C13H27NSi. The Morgan fingerprint density at radius 2 is 1.67 bits per heavy atom. The van der Waals surface area contributed by atoms with Crippen molar-refractivity contribution in [1.82, 2.24) is 4.57 Å². The van der Waals surface area contributed by atoms with Gasteiger partial charge in [0.15, 0.2) is 0 Å². The van der Waals surface area contributed by atoms with Gasteiger partial charge >= 0.3 is 0 Å². The summed E-state index contributed by atoms with van der Waals surface area (Å²) in [4.78, 5) is 0. The summed E-state index contributed by atoms with van der Waals surface area (Å²) < 4.78 is 3.02. The van der Waals surface area contributed by atoms with Gasteiger partial charge in [-0.2, -0.15) is 0 Å². The van der Waals surface area contributed by atoms with E-state index < -0.39 is 8.24 Å². The fourth-order valence-corrected chi connectivity index (χ4v) is 8.52. The third-order valence-corrected chi connectivity index (χ3v) is 9.44. The van der Waals surface area contributed by atoms with Gasteiger partial charge in [-0.3, -0.25) is 0 Å². The molecule has 1 aliphatic carbocycles. The maximum absolute atomic E-state index is 3.02. The molecule has 1 aliphatic heterocycles. The summed E-state index contributed by atoms with van der Waals surface area (Å²) in [5.74, 6) is 0. The number of hydrogen-bond donors (Lipinski definition) is 0. The minimum atomic E-state index is -0.968. The van der Waals surface area contributed by atoms with E-state index in [0.29, 0.717) is 0 Å². The van der Waals surface area contributed by atoms with Crippen LogP contribution in [0.1, 0.15) is 51.9 Å². The second-order valence-electron chi connectivity index (χ2n) is 5.84. The predicted octanol–water partition coefficient (Wildman–Crippen LogP) is 4.01. The summed E-state index contributed by atoms with van der Waals surface area (Å²) in [6.07, 6.45) is 10.4. The second kappa shape index (κ2) is 5.01. The lowest BCUT2D eigenvalue weighted by molar-refractivity contribution is 0.315. The highest BCUT2D eigenvalue weighted by Gasteiger charge is 2.40. The summed E-state index contributed by atoms with van der Waals surface area (Å²) in [6, 6.07) is 4.16. The molecule has 0 N–H and O–H groups in total. The van der Waals surface area contributed by atoms with E-state index in [4.69, 9.17) is 0 Å². The van der Waals surface area contributed by atoms with E-state index in [2.05, 4.69) is 18.0 Å². The van der Waals surface area contributed by atoms with Crippen molar-refractivity contribution in [3.63, 3.8) is 0 Å². The molecule has 0 aromatic carbocycles. The molecular weight excluding hydrogens is 198 g/mol. The van der Waals surface area contributed by atoms with Gasteiger partial charge in [-0.15, -0.1) is 0 Å². The minimum absolute atomic E-state index is 0.968. The molecule has 1 saturated carbocycles. The van der Waals surface area contributed by atoms with Crippen molar-refractivity contribution in [2.75, 3.05) is 6.54 Å². The fourth-order valence-electron chi connectivity index (χ4n) is 3.77. The van der Waals surface area contributed by atoms with Crippen molar-refractivity contribution < 1.29 is 0 Å². The predicted molar refractivity (Wildman–Crippen MR) is 69.7 cm³/mol. The molecule has 2 fully saturated rings. The molecule has 0 aromatic rings. The Kier molecular flexibility index (Phi) is 3.89. The van der Waals surface area contributed by atoms with E-state index >= 15 is 0 Å². The highest BCUT2D eigenvalue weighted by molar-refractivity contribution is 6.76. The summed E-state index contributed by atoms with van der Waals surface area (Å²) in [5.41, 5.74) is 0. The normalized spacial score (nSPS) is 26.6. The Balaban J connectivity index is 2.03. The number of hydrogen-bond acceptors (Lipinski definition) is 1. The molecule has 0 radical (unpaired) electrons. The SMILES string of the molecule is CCCN(C1CCCC1)[Si]1(C)CCCC1. The molecule has 2 rings (SSSR count). The van der Waals surface area contributed by atoms with Crippen molar-refractivity contribution in [3.8, 4) is 0 Å². The smallest absolute Gasteiger partial charge is 0.125 e. The Morgan fingerprint density at radius 1 is 1.07 bits per heavy atom. The van der Waals surface area contributed by atoms with E-state index in [0.717, 1.165) is 6.04 Å². The highest BCUT2D eigenvalue weighted by atomic mass is 28.3. The zero-order valence-corrected chi connectivity index (χ0v) is 11.6. The van der Waals surface area contributed by atoms with Crippen LogP contribution in [0.3, 0.4) is 0 Å². The van der Waals surface area contributed by atoms with E-state index in [1.165, 1.54) is 51.5 Å². The molecule has 0 unspecified atom stereocenters. The molecule has 1 heterocycles. The van der Waals surface area contributed by atoms with Crippen molar-refractivity contribution in [2.45, 2.75) is 76.5 Å². The van der Waals surface area contributed by atoms with Crippen molar-refractivity contribution in [3.05, 3.63) is 0 Å². The average Bonchev–Trinajstić information content (AvgIpc) is 2.85. The maximum Gasteiger partial charge on any atom is 0.125 e. The van der Waals surface area contributed by atoms with Crippen LogP contribution < -0.4 is 0 Å². The molecule has 2 heteroatoms. The van der Waals surface area contributed by atoms with Crippen LogP contribution in [0.4, 0.5) is 0 Å². The average molecular weight is 225 g/mol. The van der Waals surface area contributed by atoms with Crippen LogP contribution in [0, 0.1) is 0 Å². The summed E-state index contributed by atoms with van der Waals surface area (Å²) >= 11 is 0. The first-order chi connectivity index (χ1) is 7.26. The monoisotopic (exact) mass is 225 g/mol. The van der Waals surface area contributed by atoms with Crippen LogP contribution in [-0.4, -0.2) is 25.4 Å². The van der Waals surface area contributed by atoms with Gasteiger partial charge in [-0.25, -0.2) is 0 Å². The first-order valence-electron chi connectivity index (χ1n) is 7.03. The topological polar surface area (TPSA) is 3.24 Å².